The highest BCUT2D eigenvalue weighted by atomic mass is 19.4. The number of carbonyl (C=O) groups is 2. The van der Waals surface area contributed by atoms with Gasteiger partial charge in [-0.2, -0.15) is 13.2 Å². The van der Waals surface area contributed by atoms with E-state index in [9.17, 15) is 32.3 Å². The number of nitrogens with zero attached hydrogens (tertiary/aromatic N) is 3. The minimum atomic E-state index is -5.23. The molecule has 0 radical (unpaired) electrons. The van der Waals surface area contributed by atoms with Crippen LogP contribution in [0.3, 0.4) is 0 Å². The highest BCUT2D eigenvalue weighted by Gasteiger charge is 2.48. The number of aliphatic carboxylic acids is 1. The molecule has 0 fully saturated rings. The molecule has 230 valence electrons. The molecule has 0 saturated carbocycles. The van der Waals surface area contributed by atoms with Crippen molar-refractivity contribution in [3.63, 3.8) is 0 Å². The summed E-state index contributed by atoms with van der Waals surface area (Å²) < 4.78 is 75.7. The molecule has 2 aliphatic heterocycles. The summed E-state index contributed by atoms with van der Waals surface area (Å²) in [7, 11) is 0. The summed E-state index contributed by atoms with van der Waals surface area (Å²) in [5.41, 5.74) is 1.90. The first kappa shape index (κ1) is 28.4. The number of carboxylic acid groups (broad SMARTS) is 1. The van der Waals surface area contributed by atoms with Crippen LogP contribution in [0.5, 0.6) is 11.5 Å². The monoisotopic (exact) mass is 621 g/mol. The first-order valence-corrected chi connectivity index (χ1v) is 13.9. The van der Waals surface area contributed by atoms with Crippen molar-refractivity contribution in [2.45, 2.75) is 31.5 Å². The number of hydrogen-bond acceptors (Lipinski definition) is 6. The van der Waals surface area contributed by atoms with Crippen LogP contribution in [0.4, 0.5) is 23.2 Å². The number of furan rings is 1. The predicted molar refractivity (Wildman–Crippen MR) is 152 cm³/mol. The second kappa shape index (κ2) is 10.4. The van der Waals surface area contributed by atoms with Gasteiger partial charge in [0.2, 0.25) is 0 Å². The number of para-hydroxylation sites is 1. The molecule has 9 nitrogen and oxygen atoms in total. The number of aryl methyl sites for hydroxylation is 1. The van der Waals surface area contributed by atoms with Crippen molar-refractivity contribution >= 4 is 28.6 Å². The van der Waals surface area contributed by atoms with Crippen LogP contribution in [-0.4, -0.2) is 45.9 Å². The van der Waals surface area contributed by atoms with Gasteiger partial charge in [0.15, 0.2) is 11.6 Å². The molecular formula is C32H23F4N3O6. The molecule has 0 spiro atoms. The van der Waals surface area contributed by atoms with E-state index in [4.69, 9.17) is 13.9 Å². The van der Waals surface area contributed by atoms with Gasteiger partial charge in [-0.15, -0.1) is 0 Å². The average Bonchev–Trinajstić information content (AvgIpc) is 3.78. The minimum absolute atomic E-state index is 0.0496. The Morgan fingerprint density at radius 3 is 2.58 bits per heavy atom. The van der Waals surface area contributed by atoms with Crippen molar-refractivity contribution in [3.8, 4) is 28.8 Å². The number of rotatable bonds is 6. The normalized spacial score (nSPS) is 17.1. The lowest BCUT2D eigenvalue weighted by Gasteiger charge is -2.29. The first-order valence-electron chi connectivity index (χ1n) is 13.9. The third-order valence-corrected chi connectivity index (χ3v) is 7.94. The van der Waals surface area contributed by atoms with Crippen LogP contribution >= 0.6 is 0 Å². The molecule has 0 aliphatic carbocycles. The lowest BCUT2D eigenvalue weighted by atomic mass is 9.97. The van der Waals surface area contributed by atoms with E-state index in [1.807, 2.05) is 0 Å². The number of fused-ring (bicyclic) bond motifs is 3. The van der Waals surface area contributed by atoms with Gasteiger partial charge in [-0.1, -0.05) is 18.2 Å². The Labute approximate surface area is 252 Å². The number of aromatic nitrogens is 2. The number of alkyl halides is 3. The van der Waals surface area contributed by atoms with Crippen molar-refractivity contribution in [2.24, 2.45) is 0 Å². The maximum atomic E-state index is 14.5. The van der Waals surface area contributed by atoms with Gasteiger partial charge in [-0.3, -0.25) is 19.1 Å². The van der Waals surface area contributed by atoms with E-state index in [1.165, 1.54) is 36.4 Å². The lowest BCUT2D eigenvalue weighted by Crippen LogP contribution is -2.44. The maximum Gasteiger partial charge on any atom is 0.471 e. The molecule has 1 amide bonds. The Hall–Kier alpha value is -5.33. The average molecular weight is 622 g/mol. The third-order valence-electron chi connectivity index (χ3n) is 7.94. The molecule has 0 bridgehead atoms. The lowest BCUT2D eigenvalue weighted by molar-refractivity contribution is -0.171. The number of halogens is 4. The van der Waals surface area contributed by atoms with Crippen molar-refractivity contribution in [2.75, 3.05) is 18.1 Å². The number of benzene rings is 3. The van der Waals surface area contributed by atoms with Gasteiger partial charge < -0.3 is 19.0 Å². The van der Waals surface area contributed by atoms with Crippen LogP contribution in [-0.2, 0) is 9.59 Å². The van der Waals surface area contributed by atoms with Gasteiger partial charge in [0.1, 0.15) is 29.7 Å². The van der Waals surface area contributed by atoms with Crippen LogP contribution in [0.1, 0.15) is 35.3 Å². The Balaban J connectivity index is 1.36. The smallest absolute Gasteiger partial charge is 0.471 e. The summed E-state index contributed by atoms with van der Waals surface area (Å²) in [6, 6.07) is 15.3. The summed E-state index contributed by atoms with van der Waals surface area (Å²) in [4.78, 5) is 29.5. The van der Waals surface area contributed by atoms with Gasteiger partial charge in [-0.05, 0) is 43.3 Å². The van der Waals surface area contributed by atoms with E-state index in [1.54, 1.807) is 41.8 Å². The highest BCUT2D eigenvalue weighted by Crippen LogP contribution is 2.47. The van der Waals surface area contributed by atoms with Gasteiger partial charge in [0.05, 0.1) is 35.8 Å². The van der Waals surface area contributed by atoms with E-state index >= 15 is 0 Å². The molecule has 3 aromatic carbocycles. The van der Waals surface area contributed by atoms with Gasteiger partial charge in [0, 0.05) is 34.9 Å². The van der Waals surface area contributed by atoms with Crippen LogP contribution in [0.2, 0.25) is 0 Å². The molecule has 45 heavy (non-hydrogen) atoms. The van der Waals surface area contributed by atoms with Crippen molar-refractivity contribution in [3.05, 3.63) is 89.4 Å². The second-order valence-corrected chi connectivity index (χ2v) is 10.8. The Morgan fingerprint density at radius 2 is 1.84 bits per heavy atom. The summed E-state index contributed by atoms with van der Waals surface area (Å²) in [6.45, 7) is 1.49. The van der Waals surface area contributed by atoms with Gasteiger partial charge in [0.25, 0.3) is 0 Å². The first-order chi connectivity index (χ1) is 21.5. The Bertz CT molecular complexity index is 2000. The van der Waals surface area contributed by atoms with E-state index in [0.717, 1.165) is 0 Å². The van der Waals surface area contributed by atoms with E-state index in [0.29, 0.717) is 44.5 Å². The molecular weight excluding hydrogens is 598 g/mol. The predicted octanol–water partition coefficient (Wildman–Crippen LogP) is 6.71. The molecule has 2 aromatic heterocycles. The number of imidazole rings is 1. The fourth-order valence-electron chi connectivity index (χ4n) is 5.99. The zero-order chi connectivity index (χ0) is 31.6. The van der Waals surface area contributed by atoms with Gasteiger partial charge >= 0.3 is 18.1 Å². The van der Waals surface area contributed by atoms with E-state index < -0.39 is 35.8 Å². The summed E-state index contributed by atoms with van der Waals surface area (Å²) in [5, 5.41) is 9.21. The van der Waals surface area contributed by atoms with E-state index in [-0.39, 0.29) is 42.4 Å². The maximum absolute atomic E-state index is 14.5. The second-order valence-electron chi connectivity index (χ2n) is 10.8. The molecule has 4 heterocycles. The van der Waals surface area contributed by atoms with Gasteiger partial charge in [-0.25, -0.2) is 9.37 Å². The summed E-state index contributed by atoms with van der Waals surface area (Å²) in [5.74, 6) is -2.45. The molecule has 0 unspecified atom stereocenters. The minimum Gasteiger partial charge on any atom is -0.493 e. The molecule has 7 rings (SSSR count). The molecule has 2 aliphatic rings. The Morgan fingerprint density at radius 1 is 1.02 bits per heavy atom. The van der Waals surface area contributed by atoms with Crippen LogP contribution in [0.15, 0.2) is 71.1 Å². The molecule has 2 atom stereocenters. The fourth-order valence-corrected chi connectivity index (χ4v) is 5.99. The quantitative estimate of drug-likeness (QED) is 0.210. The van der Waals surface area contributed by atoms with Crippen molar-refractivity contribution in [1.29, 1.82) is 0 Å². The van der Waals surface area contributed by atoms with Crippen LogP contribution in [0.25, 0.3) is 28.3 Å². The number of anilines is 1. The van der Waals surface area contributed by atoms with E-state index in [2.05, 4.69) is 4.98 Å². The standard InChI is InChI=1S/C32H23F4N3O6/c1-16-5-10-26(45-16)30-37-22-9-6-18(33)12-24(22)39(30)23-4-2-3-21-25(15-44-29(21)23)38(31(42)32(34,35)36)19-7-8-20-17(11-28(40)41)14-43-27(20)13-19/h2-10,12-13,17,25H,11,14-15H2,1H3,(H,40,41)/t17-,25-/m1/s1. The zero-order valence-electron chi connectivity index (χ0n) is 23.5. The number of carbonyl (C=O) groups excluding carboxylic acids is 1. The Kier molecular flexibility index (Phi) is 6.57. The highest BCUT2D eigenvalue weighted by molar-refractivity contribution is 5.98. The third kappa shape index (κ3) is 4.84. The van der Waals surface area contributed by atoms with Crippen molar-refractivity contribution in [1.82, 2.24) is 9.55 Å². The molecule has 5 aromatic rings. The number of hydrogen-bond donors (Lipinski definition) is 1. The number of carboxylic acids is 1. The van der Waals surface area contributed by atoms with Crippen LogP contribution < -0.4 is 14.4 Å². The molecule has 13 heteroatoms. The SMILES string of the molecule is Cc1ccc(-c2nc3ccc(F)cc3n2-c2cccc3c2OC[C@H]3N(C(=O)C(F)(F)F)c2ccc3c(c2)OC[C@H]3CC(=O)O)o1. The molecule has 1 N–H and O–H groups in total. The van der Waals surface area contributed by atoms with Crippen molar-refractivity contribution < 1.29 is 46.1 Å². The zero-order valence-corrected chi connectivity index (χ0v) is 23.5. The van der Waals surface area contributed by atoms with Crippen LogP contribution in [0, 0.1) is 12.7 Å². The summed E-state index contributed by atoms with van der Waals surface area (Å²) in [6.07, 6.45) is -5.44. The number of ether oxygens (including phenoxy) is 2. The largest absolute Gasteiger partial charge is 0.493 e. The number of amides is 1. The molecule has 0 saturated heterocycles. The summed E-state index contributed by atoms with van der Waals surface area (Å²) >= 11 is 0. The fraction of sp³-hybridized carbons (Fsp3) is 0.219. The topological polar surface area (TPSA) is 107 Å².